The Kier molecular flexibility index (Phi) is 6.32. The molecule has 0 bridgehead atoms. The average molecular weight is 265 g/mol. The van der Waals surface area contributed by atoms with Crippen LogP contribution >= 0.6 is 0 Å². The van der Waals surface area contributed by atoms with Gasteiger partial charge in [0.05, 0.1) is 18.2 Å². The van der Waals surface area contributed by atoms with Crippen LogP contribution in [0.15, 0.2) is 24.3 Å². The molecule has 0 amide bonds. The van der Waals surface area contributed by atoms with E-state index in [0.717, 1.165) is 11.3 Å². The van der Waals surface area contributed by atoms with E-state index in [-0.39, 0.29) is 18.2 Å². The van der Waals surface area contributed by atoms with E-state index in [4.69, 9.17) is 15.2 Å². The maximum Gasteiger partial charge on any atom is 0.124 e. The van der Waals surface area contributed by atoms with Gasteiger partial charge in [-0.25, -0.2) is 0 Å². The van der Waals surface area contributed by atoms with Crippen LogP contribution < -0.4 is 10.5 Å². The largest absolute Gasteiger partial charge is 0.491 e. The van der Waals surface area contributed by atoms with Gasteiger partial charge in [0.2, 0.25) is 0 Å². The summed E-state index contributed by atoms with van der Waals surface area (Å²) in [5.41, 5.74) is 7.41. The second kappa shape index (κ2) is 7.51. The number of hydrogen-bond acceptors (Lipinski definition) is 3. The zero-order valence-corrected chi connectivity index (χ0v) is 12.7. The number of hydrogen-bond donors (Lipinski definition) is 1. The highest BCUT2D eigenvalue weighted by Gasteiger charge is 2.25. The van der Waals surface area contributed by atoms with E-state index < -0.39 is 0 Å². The van der Waals surface area contributed by atoms with Crippen molar-refractivity contribution in [1.82, 2.24) is 0 Å². The van der Waals surface area contributed by atoms with Crippen molar-refractivity contribution >= 4 is 0 Å². The van der Waals surface area contributed by atoms with Gasteiger partial charge in [-0.05, 0) is 32.8 Å². The van der Waals surface area contributed by atoms with Crippen LogP contribution in [0, 0.1) is 5.92 Å². The molecule has 108 valence electrons. The number of rotatable bonds is 7. The monoisotopic (exact) mass is 265 g/mol. The Balaban J connectivity index is 2.99. The van der Waals surface area contributed by atoms with Crippen LogP contribution in [0.4, 0.5) is 0 Å². The summed E-state index contributed by atoms with van der Waals surface area (Å²) in [5, 5.41) is 0. The van der Waals surface area contributed by atoms with E-state index in [0.29, 0.717) is 12.5 Å². The zero-order chi connectivity index (χ0) is 14.4. The molecule has 3 heteroatoms. The Morgan fingerprint density at radius 1 is 1.11 bits per heavy atom. The van der Waals surface area contributed by atoms with Gasteiger partial charge in [0.1, 0.15) is 5.75 Å². The molecule has 2 unspecified atom stereocenters. The molecule has 1 aromatic rings. The Morgan fingerprint density at radius 3 is 2.26 bits per heavy atom. The van der Waals surface area contributed by atoms with E-state index >= 15 is 0 Å². The first-order valence-corrected chi connectivity index (χ1v) is 7.10. The zero-order valence-electron chi connectivity index (χ0n) is 12.7. The van der Waals surface area contributed by atoms with Crippen molar-refractivity contribution in [3.05, 3.63) is 29.8 Å². The first-order valence-electron chi connectivity index (χ1n) is 7.10. The Hall–Kier alpha value is -1.06. The van der Waals surface area contributed by atoms with Crippen LogP contribution in [0.1, 0.15) is 46.2 Å². The lowest BCUT2D eigenvalue weighted by Crippen LogP contribution is -2.33. The highest BCUT2D eigenvalue weighted by molar-refractivity contribution is 5.36. The van der Waals surface area contributed by atoms with Crippen molar-refractivity contribution in [2.75, 3.05) is 6.61 Å². The summed E-state index contributed by atoms with van der Waals surface area (Å²) in [7, 11) is 0. The lowest BCUT2D eigenvalue weighted by molar-refractivity contribution is 0.0114. The molecule has 0 fully saturated rings. The van der Waals surface area contributed by atoms with Crippen LogP contribution in [-0.2, 0) is 4.74 Å². The topological polar surface area (TPSA) is 44.5 Å². The Morgan fingerprint density at radius 2 is 1.74 bits per heavy atom. The number of benzene rings is 1. The molecule has 0 aliphatic rings. The van der Waals surface area contributed by atoms with Crippen LogP contribution in [-0.4, -0.2) is 18.8 Å². The summed E-state index contributed by atoms with van der Waals surface area (Å²) < 4.78 is 11.6. The van der Waals surface area contributed by atoms with Gasteiger partial charge in [-0.3, -0.25) is 0 Å². The van der Waals surface area contributed by atoms with Crippen molar-refractivity contribution in [2.24, 2.45) is 11.7 Å². The molecule has 2 atom stereocenters. The summed E-state index contributed by atoms with van der Waals surface area (Å²) in [5.74, 6) is 1.22. The molecule has 3 nitrogen and oxygen atoms in total. The predicted octanol–water partition coefficient (Wildman–Crippen LogP) is 3.53. The Bertz CT molecular complexity index is 377. The fraction of sp³-hybridized carbons (Fsp3) is 0.625. The number of para-hydroxylation sites is 1. The first kappa shape index (κ1) is 16.0. The van der Waals surface area contributed by atoms with Crippen LogP contribution in [0.2, 0.25) is 0 Å². The highest BCUT2D eigenvalue weighted by atomic mass is 16.5. The van der Waals surface area contributed by atoms with E-state index in [2.05, 4.69) is 13.8 Å². The smallest absolute Gasteiger partial charge is 0.124 e. The van der Waals surface area contributed by atoms with Gasteiger partial charge in [0.25, 0.3) is 0 Å². The summed E-state index contributed by atoms with van der Waals surface area (Å²) in [6, 6.07) is 7.79. The lowest BCUT2D eigenvalue weighted by Gasteiger charge is -2.29. The maximum atomic E-state index is 6.40. The van der Waals surface area contributed by atoms with Crippen molar-refractivity contribution in [2.45, 2.75) is 52.9 Å². The molecule has 0 radical (unpaired) electrons. The molecular formula is C16H27NO2. The van der Waals surface area contributed by atoms with E-state index in [9.17, 15) is 0 Å². The van der Waals surface area contributed by atoms with E-state index in [1.165, 1.54) is 0 Å². The fourth-order valence-electron chi connectivity index (χ4n) is 2.20. The molecule has 1 aromatic carbocycles. The molecule has 19 heavy (non-hydrogen) atoms. The van der Waals surface area contributed by atoms with Crippen molar-refractivity contribution in [3.63, 3.8) is 0 Å². The summed E-state index contributed by atoms with van der Waals surface area (Å²) in [6.45, 7) is 11.0. The molecule has 0 aliphatic heterocycles. The van der Waals surface area contributed by atoms with Crippen LogP contribution in [0.25, 0.3) is 0 Å². The predicted molar refractivity (Wildman–Crippen MR) is 79.4 cm³/mol. The number of ether oxygens (including phenoxy) is 2. The second-order valence-electron chi connectivity index (χ2n) is 5.39. The van der Waals surface area contributed by atoms with Gasteiger partial charge in [-0.15, -0.1) is 0 Å². The maximum absolute atomic E-state index is 6.40. The third kappa shape index (κ3) is 4.51. The van der Waals surface area contributed by atoms with Gasteiger partial charge in [-0.1, -0.05) is 32.0 Å². The van der Waals surface area contributed by atoms with Gasteiger partial charge < -0.3 is 15.2 Å². The number of nitrogens with two attached hydrogens (primary N) is 1. The molecule has 0 saturated heterocycles. The molecule has 0 heterocycles. The summed E-state index contributed by atoms with van der Waals surface area (Å²) >= 11 is 0. The second-order valence-corrected chi connectivity index (χ2v) is 5.39. The van der Waals surface area contributed by atoms with Crippen molar-refractivity contribution in [3.8, 4) is 5.75 Å². The first-order chi connectivity index (χ1) is 8.97. The van der Waals surface area contributed by atoms with Gasteiger partial charge >= 0.3 is 0 Å². The van der Waals surface area contributed by atoms with Crippen LogP contribution in [0.5, 0.6) is 5.75 Å². The lowest BCUT2D eigenvalue weighted by atomic mass is 9.93. The molecule has 0 saturated carbocycles. The minimum atomic E-state index is -0.171. The fourth-order valence-corrected chi connectivity index (χ4v) is 2.20. The van der Waals surface area contributed by atoms with Crippen molar-refractivity contribution < 1.29 is 9.47 Å². The van der Waals surface area contributed by atoms with E-state index in [1.54, 1.807) is 0 Å². The average Bonchev–Trinajstić information content (AvgIpc) is 2.34. The normalized spacial score (nSPS) is 14.7. The van der Waals surface area contributed by atoms with Gasteiger partial charge in [0, 0.05) is 12.2 Å². The van der Waals surface area contributed by atoms with Crippen molar-refractivity contribution in [1.29, 1.82) is 0 Å². The van der Waals surface area contributed by atoms with Gasteiger partial charge in [-0.2, -0.15) is 0 Å². The SMILES string of the molecule is CCOC(C(C)C)C(N)c1ccccc1OC(C)C. The molecule has 1 rings (SSSR count). The Labute approximate surface area is 117 Å². The van der Waals surface area contributed by atoms with Gasteiger partial charge in [0.15, 0.2) is 0 Å². The third-order valence-electron chi connectivity index (χ3n) is 3.01. The van der Waals surface area contributed by atoms with E-state index in [1.807, 2.05) is 45.0 Å². The summed E-state index contributed by atoms with van der Waals surface area (Å²) in [6.07, 6.45) is 0.139. The minimum Gasteiger partial charge on any atom is -0.491 e. The third-order valence-corrected chi connectivity index (χ3v) is 3.01. The molecule has 0 aliphatic carbocycles. The minimum absolute atomic E-state index is 0.00177. The molecule has 0 aromatic heterocycles. The molecule has 2 N–H and O–H groups in total. The quantitative estimate of drug-likeness (QED) is 0.820. The standard InChI is InChI=1S/C16H27NO2/c1-6-18-16(11(2)3)15(17)13-9-7-8-10-14(13)19-12(4)5/h7-12,15-16H,6,17H2,1-5H3. The molecular weight excluding hydrogens is 238 g/mol. The molecule has 0 spiro atoms. The summed E-state index contributed by atoms with van der Waals surface area (Å²) in [4.78, 5) is 0. The van der Waals surface area contributed by atoms with Crippen LogP contribution in [0.3, 0.4) is 0 Å². The highest BCUT2D eigenvalue weighted by Crippen LogP contribution is 2.30.